The van der Waals surface area contributed by atoms with E-state index in [0.717, 1.165) is 23.0 Å². The van der Waals surface area contributed by atoms with Crippen molar-refractivity contribution in [1.29, 1.82) is 0 Å². The van der Waals surface area contributed by atoms with E-state index in [2.05, 4.69) is 42.3 Å². The first-order valence-corrected chi connectivity index (χ1v) is 6.03. The van der Waals surface area contributed by atoms with Crippen LogP contribution in [0.4, 0.5) is 11.4 Å². The third kappa shape index (κ3) is 2.05. The van der Waals surface area contributed by atoms with E-state index in [-0.39, 0.29) is 0 Å². The standard InChI is InChI=1S/C14H19N3/c1-4-9(2)10-5-6-13-11(7-10)14(16-3)12(15)8-17-13/h5-9H,4,15H2,1-3H3,(H,16,17). The molecule has 1 heterocycles. The predicted octanol–water partition coefficient (Wildman–Crippen LogP) is 3.37. The molecule has 0 fully saturated rings. The second-order valence-electron chi connectivity index (χ2n) is 4.42. The Morgan fingerprint density at radius 3 is 2.82 bits per heavy atom. The van der Waals surface area contributed by atoms with Crippen molar-refractivity contribution in [3.05, 3.63) is 30.0 Å². The molecule has 0 spiro atoms. The number of anilines is 2. The van der Waals surface area contributed by atoms with Crippen LogP contribution in [0.5, 0.6) is 0 Å². The first-order chi connectivity index (χ1) is 8.17. The molecule has 0 aliphatic heterocycles. The first kappa shape index (κ1) is 11.7. The summed E-state index contributed by atoms with van der Waals surface area (Å²) in [5.41, 5.74) is 9.92. The number of benzene rings is 1. The van der Waals surface area contributed by atoms with Gasteiger partial charge in [0.25, 0.3) is 0 Å². The molecule has 1 atom stereocenters. The lowest BCUT2D eigenvalue weighted by Crippen LogP contribution is -1.99. The number of nitrogen functional groups attached to an aromatic ring is 1. The summed E-state index contributed by atoms with van der Waals surface area (Å²) in [7, 11) is 1.89. The quantitative estimate of drug-likeness (QED) is 0.848. The number of pyridine rings is 1. The Bertz CT molecular complexity index is 534. The van der Waals surface area contributed by atoms with E-state index in [9.17, 15) is 0 Å². The minimum absolute atomic E-state index is 0.561. The van der Waals surface area contributed by atoms with Crippen LogP contribution in [0.3, 0.4) is 0 Å². The van der Waals surface area contributed by atoms with Gasteiger partial charge in [-0.1, -0.05) is 19.9 Å². The van der Waals surface area contributed by atoms with Crippen LogP contribution < -0.4 is 11.1 Å². The van der Waals surface area contributed by atoms with Crippen molar-refractivity contribution in [2.75, 3.05) is 18.1 Å². The summed E-state index contributed by atoms with van der Waals surface area (Å²) in [4.78, 5) is 4.35. The lowest BCUT2D eigenvalue weighted by atomic mass is 9.96. The number of nitrogens with zero attached hydrogens (tertiary/aromatic N) is 1. The summed E-state index contributed by atoms with van der Waals surface area (Å²) in [6.45, 7) is 4.44. The molecule has 0 amide bonds. The molecular formula is C14H19N3. The Balaban J connectivity index is 2.65. The highest BCUT2D eigenvalue weighted by molar-refractivity contribution is 5.97. The largest absolute Gasteiger partial charge is 0.396 e. The second kappa shape index (κ2) is 4.62. The Morgan fingerprint density at radius 1 is 1.41 bits per heavy atom. The van der Waals surface area contributed by atoms with Crippen LogP contribution in [0, 0.1) is 0 Å². The molecule has 2 aromatic rings. The smallest absolute Gasteiger partial charge is 0.0742 e. The van der Waals surface area contributed by atoms with Crippen LogP contribution in [0.15, 0.2) is 24.4 Å². The van der Waals surface area contributed by atoms with E-state index in [1.807, 2.05) is 7.05 Å². The van der Waals surface area contributed by atoms with Gasteiger partial charge in [0.15, 0.2) is 0 Å². The molecule has 0 aliphatic carbocycles. The third-order valence-electron chi connectivity index (χ3n) is 3.35. The molecule has 0 saturated carbocycles. The molecule has 1 aromatic carbocycles. The second-order valence-corrected chi connectivity index (χ2v) is 4.42. The Labute approximate surface area is 102 Å². The molecule has 3 nitrogen and oxygen atoms in total. The van der Waals surface area contributed by atoms with Gasteiger partial charge in [-0.2, -0.15) is 0 Å². The normalized spacial score (nSPS) is 12.6. The number of nitrogens with one attached hydrogen (secondary N) is 1. The zero-order chi connectivity index (χ0) is 12.4. The van der Waals surface area contributed by atoms with E-state index in [4.69, 9.17) is 5.73 Å². The van der Waals surface area contributed by atoms with Crippen LogP contribution in [0.2, 0.25) is 0 Å². The fourth-order valence-electron chi connectivity index (χ4n) is 2.05. The van der Waals surface area contributed by atoms with Gasteiger partial charge in [0, 0.05) is 12.4 Å². The maximum atomic E-state index is 5.93. The van der Waals surface area contributed by atoms with Crippen molar-refractivity contribution in [2.45, 2.75) is 26.2 Å². The van der Waals surface area contributed by atoms with Gasteiger partial charge >= 0.3 is 0 Å². The highest BCUT2D eigenvalue weighted by Gasteiger charge is 2.08. The fraction of sp³-hybridized carbons (Fsp3) is 0.357. The van der Waals surface area contributed by atoms with Gasteiger partial charge in [-0.05, 0) is 30.0 Å². The van der Waals surface area contributed by atoms with Crippen molar-refractivity contribution in [3.8, 4) is 0 Å². The van der Waals surface area contributed by atoms with Gasteiger partial charge in [-0.3, -0.25) is 4.98 Å². The van der Waals surface area contributed by atoms with Crippen LogP contribution in [0.25, 0.3) is 10.9 Å². The highest BCUT2D eigenvalue weighted by Crippen LogP contribution is 2.30. The molecule has 2 rings (SSSR count). The van der Waals surface area contributed by atoms with Gasteiger partial charge in [-0.15, -0.1) is 0 Å². The summed E-state index contributed by atoms with van der Waals surface area (Å²) in [6.07, 6.45) is 2.84. The molecular weight excluding hydrogens is 210 g/mol. The SMILES string of the molecule is CCC(C)c1ccc2ncc(N)c(NC)c2c1. The maximum Gasteiger partial charge on any atom is 0.0742 e. The molecule has 90 valence electrons. The third-order valence-corrected chi connectivity index (χ3v) is 3.35. The van der Waals surface area contributed by atoms with E-state index in [1.165, 1.54) is 5.56 Å². The summed E-state index contributed by atoms with van der Waals surface area (Å²) in [6, 6.07) is 6.41. The monoisotopic (exact) mass is 229 g/mol. The van der Waals surface area contributed by atoms with Crippen LogP contribution in [-0.4, -0.2) is 12.0 Å². The predicted molar refractivity (Wildman–Crippen MR) is 74.4 cm³/mol. The summed E-state index contributed by atoms with van der Waals surface area (Å²) in [5, 5.41) is 4.26. The average molecular weight is 229 g/mol. The topological polar surface area (TPSA) is 50.9 Å². The zero-order valence-electron chi connectivity index (χ0n) is 10.6. The average Bonchev–Trinajstić information content (AvgIpc) is 2.37. The van der Waals surface area contributed by atoms with Crippen molar-refractivity contribution in [2.24, 2.45) is 0 Å². The van der Waals surface area contributed by atoms with E-state index < -0.39 is 0 Å². The van der Waals surface area contributed by atoms with E-state index in [0.29, 0.717) is 11.6 Å². The van der Waals surface area contributed by atoms with Crippen molar-refractivity contribution in [3.63, 3.8) is 0 Å². The minimum Gasteiger partial charge on any atom is -0.396 e. The molecule has 0 saturated heterocycles. The van der Waals surface area contributed by atoms with Crippen LogP contribution in [0.1, 0.15) is 31.7 Å². The summed E-state index contributed by atoms with van der Waals surface area (Å²) in [5.74, 6) is 0.561. The number of hydrogen-bond donors (Lipinski definition) is 2. The number of rotatable bonds is 3. The number of hydrogen-bond acceptors (Lipinski definition) is 3. The zero-order valence-corrected chi connectivity index (χ0v) is 10.6. The summed E-state index contributed by atoms with van der Waals surface area (Å²) >= 11 is 0. The van der Waals surface area contributed by atoms with Gasteiger partial charge < -0.3 is 11.1 Å². The number of aromatic nitrogens is 1. The highest BCUT2D eigenvalue weighted by atomic mass is 14.9. The van der Waals surface area contributed by atoms with Crippen molar-refractivity contribution >= 4 is 22.3 Å². The van der Waals surface area contributed by atoms with Gasteiger partial charge in [0.05, 0.1) is 23.1 Å². The van der Waals surface area contributed by atoms with E-state index >= 15 is 0 Å². The molecule has 3 heteroatoms. The van der Waals surface area contributed by atoms with E-state index in [1.54, 1.807) is 6.20 Å². The molecule has 1 unspecified atom stereocenters. The Kier molecular flexibility index (Phi) is 3.18. The van der Waals surface area contributed by atoms with Crippen LogP contribution >= 0.6 is 0 Å². The first-order valence-electron chi connectivity index (χ1n) is 6.03. The molecule has 3 N–H and O–H groups in total. The summed E-state index contributed by atoms with van der Waals surface area (Å²) < 4.78 is 0. The van der Waals surface area contributed by atoms with Gasteiger partial charge in [-0.25, -0.2) is 0 Å². The lowest BCUT2D eigenvalue weighted by Gasteiger charge is -2.13. The van der Waals surface area contributed by atoms with Gasteiger partial charge in [0.1, 0.15) is 0 Å². The van der Waals surface area contributed by atoms with Gasteiger partial charge in [0.2, 0.25) is 0 Å². The van der Waals surface area contributed by atoms with Crippen LogP contribution in [-0.2, 0) is 0 Å². The molecule has 0 radical (unpaired) electrons. The minimum atomic E-state index is 0.561. The lowest BCUT2D eigenvalue weighted by molar-refractivity contribution is 0.734. The number of fused-ring (bicyclic) bond motifs is 1. The fourth-order valence-corrected chi connectivity index (χ4v) is 2.05. The number of nitrogens with two attached hydrogens (primary N) is 1. The maximum absolute atomic E-state index is 5.93. The van der Waals surface area contributed by atoms with Crippen molar-refractivity contribution < 1.29 is 0 Å². The molecule has 0 bridgehead atoms. The molecule has 0 aliphatic rings. The Hall–Kier alpha value is -1.77. The molecule has 17 heavy (non-hydrogen) atoms. The molecule has 1 aromatic heterocycles. The van der Waals surface area contributed by atoms with Crippen molar-refractivity contribution in [1.82, 2.24) is 4.98 Å². The Morgan fingerprint density at radius 2 is 2.18 bits per heavy atom.